The predicted octanol–water partition coefficient (Wildman–Crippen LogP) is 3.74. The third-order valence-corrected chi connectivity index (χ3v) is 4.58. The summed E-state index contributed by atoms with van der Waals surface area (Å²) >= 11 is 0. The number of aliphatic imine (C=N–C) groups is 1. The van der Waals surface area contributed by atoms with Gasteiger partial charge in [-0.05, 0) is 61.2 Å². The van der Waals surface area contributed by atoms with Crippen LogP contribution < -0.4 is 14.8 Å². The highest BCUT2D eigenvalue weighted by atomic mass is 16.5. The molecule has 3 rings (SSSR count). The summed E-state index contributed by atoms with van der Waals surface area (Å²) in [5.74, 6) is 1.77. The summed E-state index contributed by atoms with van der Waals surface area (Å²) in [6.07, 6.45) is 2.37. The van der Waals surface area contributed by atoms with E-state index in [1.54, 1.807) is 14.2 Å². The Kier molecular flexibility index (Phi) is 5.31. The molecule has 1 heterocycles. The second kappa shape index (κ2) is 7.66. The molecule has 1 aliphatic rings. The number of nitrogens with zero attached hydrogens (tertiary/aromatic N) is 1. The van der Waals surface area contributed by atoms with Gasteiger partial charge in [-0.25, -0.2) is 4.99 Å². The van der Waals surface area contributed by atoms with E-state index in [0.29, 0.717) is 29.5 Å². The number of carbonyl (C=O) groups is 1. The van der Waals surface area contributed by atoms with E-state index in [0.717, 1.165) is 22.3 Å². The number of hydrogen-bond acceptors (Lipinski definition) is 4. The molecule has 0 spiro atoms. The molecule has 1 aliphatic heterocycles. The number of rotatable bonds is 5. The first kappa shape index (κ1) is 18.7. The Hall–Kier alpha value is -3.08. The van der Waals surface area contributed by atoms with Crippen LogP contribution in [0.3, 0.4) is 0 Å². The molecule has 0 aliphatic carbocycles. The molecule has 1 amide bonds. The zero-order chi connectivity index (χ0) is 19.6. The highest BCUT2D eigenvalue weighted by Crippen LogP contribution is 2.28. The van der Waals surface area contributed by atoms with Crippen molar-refractivity contribution < 1.29 is 14.3 Å². The maximum absolute atomic E-state index is 12.4. The van der Waals surface area contributed by atoms with Crippen LogP contribution in [-0.4, -0.2) is 26.0 Å². The summed E-state index contributed by atoms with van der Waals surface area (Å²) in [6.45, 7) is 6.17. The van der Waals surface area contributed by atoms with Crippen LogP contribution in [0.5, 0.6) is 11.5 Å². The molecule has 0 saturated carbocycles. The molecule has 2 aromatic rings. The van der Waals surface area contributed by atoms with E-state index in [4.69, 9.17) is 9.47 Å². The third kappa shape index (κ3) is 4.03. The van der Waals surface area contributed by atoms with Crippen LogP contribution in [0.15, 0.2) is 41.0 Å². The fourth-order valence-corrected chi connectivity index (χ4v) is 3.34. The largest absolute Gasteiger partial charge is 0.493 e. The second-order valence-corrected chi connectivity index (χ2v) is 6.72. The van der Waals surface area contributed by atoms with Crippen molar-refractivity contribution in [1.29, 1.82) is 0 Å². The van der Waals surface area contributed by atoms with Gasteiger partial charge in [0.2, 0.25) is 0 Å². The molecule has 140 valence electrons. The van der Waals surface area contributed by atoms with Crippen molar-refractivity contribution in [3.05, 3.63) is 63.8 Å². The maximum atomic E-state index is 12.4. The smallest absolute Gasteiger partial charge is 0.275 e. The van der Waals surface area contributed by atoms with Crippen molar-refractivity contribution in [2.24, 2.45) is 4.99 Å². The van der Waals surface area contributed by atoms with E-state index in [1.807, 2.05) is 38.1 Å². The van der Waals surface area contributed by atoms with Gasteiger partial charge in [-0.3, -0.25) is 4.79 Å². The fourth-order valence-electron chi connectivity index (χ4n) is 3.34. The Balaban J connectivity index is 1.87. The average Bonchev–Trinajstić information content (AvgIpc) is 2.97. The first-order chi connectivity index (χ1) is 12.9. The molecule has 27 heavy (non-hydrogen) atoms. The number of ether oxygens (including phenoxy) is 2. The van der Waals surface area contributed by atoms with Crippen LogP contribution in [0.1, 0.15) is 27.8 Å². The van der Waals surface area contributed by atoms with Crippen molar-refractivity contribution in [2.45, 2.75) is 27.2 Å². The van der Waals surface area contributed by atoms with E-state index < -0.39 is 0 Å². The number of amidine groups is 1. The molecule has 5 nitrogen and oxygen atoms in total. The van der Waals surface area contributed by atoms with Crippen molar-refractivity contribution in [1.82, 2.24) is 5.32 Å². The van der Waals surface area contributed by atoms with Gasteiger partial charge in [-0.15, -0.1) is 0 Å². The average molecular weight is 364 g/mol. The lowest BCUT2D eigenvalue weighted by atomic mass is 9.99. The van der Waals surface area contributed by atoms with E-state index in [1.165, 1.54) is 5.56 Å². The summed E-state index contributed by atoms with van der Waals surface area (Å²) in [6, 6.07) is 9.90. The normalized spacial score (nSPS) is 14.9. The zero-order valence-corrected chi connectivity index (χ0v) is 16.3. The maximum Gasteiger partial charge on any atom is 0.275 e. The Bertz CT molecular complexity index is 935. The Labute approximate surface area is 159 Å². The third-order valence-electron chi connectivity index (χ3n) is 4.58. The van der Waals surface area contributed by atoms with Gasteiger partial charge in [-0.1, -0.05) is 23.8 Å². The van der Waals surface area contributed by atoms with Gasteiger partial charge in [0.25, 0.3) is 5.91 Å². The molecular formula is C22H24N2O3. The lowest BCUT2D eigenvalue weighted by molar-refractivity contribution is -0.115. The van der Waals surface area contributed by atoms with Gasteiger partial charge in [0.1, 0.15) is 11.5 Å². The molecule has 0 saturated heterocycles. The molecule has 5 heteroatoms. The Morgan fingerprint density at radius 2 is 1.67 bits per heavy atom. The number of nitrogens with one attached hydrogen (secondary N) is 1. The van der Waals surface area contributed by atoms with Crippen LogP contribution in [0.4, 0.5) is 0 Å². The van der Waals surface area contributed by atoms with Crippen molar-refractivity contribution in [2.75, 3.05) is 14.2 Å². The van der Waals surface area contributed by atoms with Crippen LogP contribution >= 0.6 is 0 Å². The van der Waals surface area contributed by atoms with Crippen molar-refractivity contribution >= 4 is 17.8 Å². The first-order valence-corrected chi connectivity index (χ1v) is 8.80. The zero-order valence-electron chi connectivity index (χ0n) is 16.3. The van der Waals surface area contributed by atoms with E-state index in [-0.39, 0.29) is 5.91 Å². The monoisotopic (exact) mass is 364 g/mol. The number of carbonyl (C=O) groups excluding carboxylic acids is 1. The van der Waals surface area contributed by atoms with Crippen LogP contribution in [0.2, 0.25) is 0 Å². The summed E-state index contributed by atoms with van der Waals surface area (Å²) < 4.78 is 10.6. The van der Waals surface area contributed by atoms with Crippen LogP contribution in [0, 0.1) is 20.8 Å². The van der Waals surface area contributed by atoms with E-state index in [2.05, 4.69) is 29.4 Å². The van der Waals surface area contributed by atoms with E-state index >= 15 is 0 Å². The minimum Gasteiger partial charge on any atom is -0.493 e. The molecule has 0 radical (unpaired) electrons. The van der Waals surface area contributed by atoms with Gasteiger partial charge in [0, 0.05) is 6.42 Å². The lowest BCUT2D eigenvalue weighted by Gasteiger charge is -2.09. The number of amides is 1. The number of benzene rings is 2. The van der Waals surface area contributed by atoms with Crippen LogP contribution in [0.25, 0.3) is 6.08 Å². The van der Waals surface area contributed by atoms with Gasteiger partial charge in [-0.2, -0.15) is 0 Å². The fraction of sp³-hybridized carbons (Fsp3) is 0.273. The quantitative estimate of drug-likeness (QED) is 0.822. The van der Waals surface area contributed by atoms with Crippen LogP contribution in [-0.2, 0) is 11.2 Å². The second-order valence-electron chi connectivity index (χ2n) is 6.72. The molecule has 0 atom stereocenters. The SMILES string of the molecule is COc1ccc(CC2=N/C(=C\c3c(C)cc(C)cc3C)C(=O)N2)cc1OC. The Morgan fingerprint density at radius 3 is 2.30 bits per heavy atom. The minimum atomic E-state index is -0.176. The topological polar surface area (TPSA) is 59.9 Å². The van der Waals surface area contributed by atoms with Crippen molar-refractivity contribution in [3.63, 3.8) is 0 Å². The predicted molar refractivity (Wildman–Crippen MR) is 107 cm³/mol. The van der Waals surface area contributed by atoms with E-state index in [9.17, 15) is 4.79 Å². The molecule has 1 N–H and O–H groups in total. The summed E-state index contributed by atoms with van der Waals surface area (Å²) in [5, 5.41) is 2.86. The molecule has 0 bridgehead atoms. The molecular weight excluding hydrogens is 340 g/mol. The summed E-state index contributed by atoms with van der Waals surface area (Å²) in [4.78, 5) is 16.9. The molecule has 0 aromatic heterocycles. The Morgan fingerprint density at radius 1 is 1.00 bits per heavy atom. The minimum absolute atomic E-state index is 0.176. The molecule has 2 aromatic carbocycles. The number of methoxy groups -OCH3 is 2. The lowest BCUT2D eigenvalue weighted by Crippen LogP contribution is -2.25. The highest BCUT2D eigenvalue weighted by Gasteiger charge is 2.21. The number of aryl methyl sites for hydroxylation is 3. The molecule has 0 unspecified atom stereocenters. The molecule has 0 fully saturated rings. The standard InChI is InChI=1S/C22H24N2O3/c1-13-8-14(2)17(15(3)9-13)12-18-22(25)24-21(23-18)11-16-6-7-19(26-4)20(10-16)27-5/h6-10,12H,11H2,1-5H3,(H,23,24,25)/b18-12-. The van der Waals surface area contributed by atoms with Gasteiger partial charge >= 0.3 is 0 Å². The first-order valence-electron chi connectivity index (χ1n) is 8.80. The highest BCUT2D eigenvalue weighted by molar-refractivity contribution is 6.14. The summed E-state index contributed by atoms with van der Waals surface area (Å²) in [5.41, 5.74) is 5.94. The van der Waals surface area contributed by atoms with Gasteiger partial charge in [0.15, 0.2) is 11.5 Å². The van der Waals surface area contributed by atoms with Gasteiger partial charge < -0.3 is 14.8 Å². The van der Waals surface area contributed by atoms with Gasteiger partial charge in [0.05, 0.1) is 14.2 Å². The van der Waals surface area contributed by atoms with Crippen molar-refractivity contribution in [3.8, 4) is 11.5 Å². The number of hydrogen-bond donors (Lipinski definition) is 1. The summed E-state index contributed by atoms with van der Waals surface area (Å²) in [7, 11) is 3.20.